The van der Waals surface area contributed by atoms with Gasteiger partial charge in [-0.25, -0.2) is 8.42 Å². The fourth-order valence-corrected chi connectivity index (χ4v) is 16.3. The topological polar surface area (TPSA) is 105 Å². The van der Waals surface area contributed by atoms with Crippen molar-refractivity contribution < 1.29 is 36.5 Å². The molecule has 5 atom stereocenters. The van der Waals surface area contributed by atoms with Gasteiger partial charge in [0.15, 0.2) is 5.44 Å². The summed E-state index contributed by atoms with van der Waals surface area (Å²) >= 11 is 0. The van der Waals surface area contributed by atoms with Crippen LogP contribution in [0, 0.1) is 12.8 Å². The molecule has 0 spiro atoms. The third-order valence-corrected chi connectivity index (χ3v) is 20.1. The normalized spacial score (nSPS) is 19.9. The van der Waals surface area contributed by atoms with Crippen molar-refractivity contribution in [1.29, 1.82) is 0 Å². The summed E-state index contributed by atoms with van der Waals surface area (Å²) in [6.07, 6.45) is 0.0543. The predicted octanol–water partition coefficient (Wildman–Crippen LogP) is 9.22. The highest BCUT2D eigenvalue weighted by Crippen LogP contribution is 2.47. The van der Waals surface area contributed by atoms with Crippen molar-refractivity contribution in [3.05, 3.63) is 89.0 Å². The van der Waals surface area contributed by atoms with Gasteiger partial charge >= 0.3 is 0 Å². The predicted molar refractivity (Wildman–Crippen MR) is 240 cm³/mol. The zero-order chi connectivity index (χ0) is 42.7. The fourth-order valence-electron chi connectivity index (χ4n) is 9.20. The Balaban J connectivity index is 1.56. The van der Waals surface area contributed by atoms with Gasteiger partial charge in [-0.15, -0.1) is 0 Å². The average molecular weight is 853 g/mol. The molecule has 0 amide bonds. The lowest BCUT2D eigenvalue weighted by Gasteiger charge is -2.49. The maximum absolute atomic E-state index is 15.0. The first-order valence-electron chi connectivity index (χ1n) is 21.8. The number of piperidine rings is 1. The molecule has 0 radical (unpaired) electrons. The lowest BCUT2D eigenvalue weighted by molar-refractivity contribution is -0.0365. The van der Waals surface area contributed by atoms with E-state index in [0.717, 1.165) is 41.1 Å². The average Bonchev–Trinajstić information content (AvgIpc) is 3.21. The molecule has 2 aliphatic rings. The number of anilines is 1. The van der Waals surface area contributed by atoms with Crippen LogP contribution in [0.15, 0.2) is 71.6 Å². The van der Waals surface area contributed by atoms with E-state index in [-0.39, 0.29) is 16.9 Å². The van der Waals surface area contributed by atoms with Gasteiger partial charge in [0.2, 0.25) is 18.2 Å². The summed E-state index contributed by atoms with van der Waals surface area (Å²) in [4.78, 5) is 2.47. The van der Waals surface area contributed by atoms with Crippen LogP contribution in [0.2, 0.25) is 16.6 Å². The molecule has 10 nitrogen and oxygen atoms in total. The van der Waals surface area contributed by atoms with Crippen LogP contribution in [0.3, 0.4) is 0 Å². The Morgan fingerprint density at radius 1 is 0.864 bits per heavy atom. The molecule has 328 valence electrons. The van der Waals surface area contributed by atoms with Gasteiger partial charge in [0.1, 0.15) is 12.4 Å². The van der Waals surface area contributed by atoms with Gasteiger partial charge in [-0.2, -0.15) is 0 Å². The molecule has 2 heterocycles. The van der Waals surface area contributed by atoms with Crippen LogP contribution in [0.1, 0.15) is 95.4 Å². The first-order chi connectivity index (χ1) is 28.2. The number of nitrogens with zero attached hydrogens (tertiary/aromatic N) is 1. The third kappa shape index (κ3) is 11.6. The highest BCUT2D eigenvalue weighted by molar-refractivity contribution is 7.91. The van der Waals surface area contributed by atoms with Gasteiger partial charge in [-0.3, -0.25) is 0 Å². The lowest BCUT2D eigenvalue weighted by Crippen LogP contribution is -2.58. The first-order valence-corrected chi connectivity index (χ1v) is 25.5. The Morgan fingerprint density at radius 2 is 1.53 bits per heavy atom. The number of aryl methyl sites for hydroxylation is 1. The Kier molecular flexibility index (Phi) is 17.5. The summed E-state index contributed by atoms with van der Waals surface area (Å²) < 4.78 is 67.9. The van der Waals surface area contributed by atoms with Crippen molar-refractivity contribution in [1.82, 2.24) is 5.32 Å². The summed E-state index contributed by atoms with van der Waals surface area (Å²) in [7, 11) is -4.72. The van der Waals surface area contributed by atoms with E-state index in [1.807, 2.05) is 44.2 Å². The second-order valence-electron chi connectivity index (χ2n) is 17.5. The van der Waals surface area contributed by atoms with Crippen molar-refractivity contribution in [2.24, 2.45) is 5.92 Å². The molecule has 0 bridgehead atoms. The summed E-state index contributed by atoms with van der Waals surface area (Å²) in [6.45, 7) is 26.2. The van der Waals surface area contributed by atoms with Gasteiger partial charge in [-0.1, -0.05) is 96.5 Å². The molecule has 1 saturated heterocycles. The van der Waals surface area contributed by atoms with Crippen molar-refractivity contribution in [2.75, 3.05) is 71.2 Å². The van der Waals surface area contributed by atoms with Crippen LogP contribution in [0.25, 0.3) is 0 Å². The molecule has 59 heavy (non-hydrogen) atoms. The monoisotopic (exact) mass is 852 g/mol. The van der Waals surface area contributed by atoms with E-state index in [4.69, 9.17) is 28.1 Å². The van der Waals surface area contributed by atoms with Gasteiger partial charge in [-0.05, 0) is 77.8 Å². The number of hydrogen-bond acceptors (Lipinski definition) is 10. The van der Waals surface area contributed by atoms with Crippen molar-refractivity contribution in [3.8, 4) is 5.75 Å². The summed E-state index contributed by atoms with van der Waals surface area (Å²) in [5.41, 5.74) is 4.36. The maximum Gasteiger partial charge on any atom is 0.209 e. The van der Waals surface area contributed by atoms with E-state index >= 15 is 0 Å². The summed E-state index contributed by atoms with van der Waals surface area (Å²) in [5, 5.41) is 3.64. The quantitative estimate of drug-likeness (QED) is 0.0778. The molecular formula is C47H72N2O8SSi. The van der Waals surface area contributed by atoms with Gasteiger partial charge in [0.05, 0.1) is 49.2 Å². The highest BCUT2D eigenvalue weighted by Gasteiger charge is 2.50. The van der Waals surface area contributed by atoms with E-state index in [1.165, 1.54) is 0 Å². The summed E-state index contributed by atoms with van der Waals surface area (Å²) in [6, 6.07) is 21.3. The lowest BCUT2D eigenvalue weighted by atomic mass is 9.85. The Hall–Kier alpha value is -2.81. The fraction of sp³-hybridized carbons (Fsp3) is 0.617. The molecular weight excluding hydrogens is 781 g/mol. The number of fused-ring (bicyclic) bond motifs is 1. The first kappa shape index (κ1) is 47.2. The van der Waals surface area contributed by atoms with E-state index in [1.54, 1.807) is 19.2 Å². The number of hydrogen-bond donors (Lipinski definition) is 1. The van der Waals surface area contributed by atoms with Crippen molar-refractivity contribution in [2.45, 2.75) is 120 Å². The molecule has 0 aliphatic carbocycles. The maximum atomic E-state index is 15.0. The van der Waals surface area contributed by atoms with Crippen molar-refractivity contribution in [3.63, 3.8) is 0 Å². The van der Waals surface area contributed by atoms with E-state index in [0.29, 0.717) is 87.4 Å². The number of sulfone groups is 1. The molecule has 2 unspecified atom stereocenters. The van der Waals surface area contributed by atoms with Crippen LogP contribution >= 0.6 is 0 Å². The minimum Gasteiger partial charge on any atom is -0.490 e. The zero-order valence-electron chi connectivity index (χ0n) is 37.4. The van der Waals surface area contributed by atoms with Crippen LogP contribution in [0.4, 0.5) is 5.69 Å². The number of ether oxygens (including phenoxy) is 5. The smallest absolute Gasteiger partial charge is 0.209 e. The molecule has 0 saturated carbocycles. The minimum absolute atomic E-state index is 0.220. The largest absolute Gasteiger partial charge is 0.490 e. The van der Waals surface area contributed by atoms with E-state index in [9.17, 15) is 8.42 Å². The standard InChI is InChI=1S/C47H72N2O8SSi/c1-11-53-30-37(9)31-54-32-38-15-17-39(18-16-38)46-44(28-48-29-45(46)57-59(33(2)3,34(4)5)35(6)7)56-47(58(50,51)41-20-13-36(8)14-21-41)40-19-22-43-42(27-40)49(24-26-55-43)23-12-25-52-10/h13-22,27,33-35,37,44-48H,11-12,23-26,28-32H2,1-10H3/t37?,44-,45+,46+,47?/m0/s1. The molecule has 3 aromatic rings. The Morgan fingerprint density at radius 3 is 2.17 bits per heavy atom. The third-order valence-electron chi connectivity index (χ3n) is 12.1. The van der Waals surface area contributed by atoms with Crippen molar-refractivity contribution >= 4 is 23.8 Å². The van der Waals surface area contributed by atoms with Crippen LogP contribution in [0.5, 0.6) is 5.75 Å². The molecule has 5 rings (SSSR count). The van der Waals surface area contributed by atoms with Crippen LogP contribution in [-0.2, 0) is 39.8 Å². The second kappa shape index (κ2) is 21.8. The second-order valence-corrected chi connectivity index (χ2v) is 24.8. The van der Waals surface area contributed by atoms with E-state index < -0.39 is 29.7 Å². The van der Waals surface area contributed by atoms with Gasteiger partial charge in [0, 0.05) is 51.8 Å². The molecule has 2 aliphatic heterocycles. The number of benzene rings is 3. The SMILES string of the molecule is CCOCC(C)COCc1ccc([C@@H]2[C@@H](OC(c3ccc4c(c3)N(CCCOC)CCO4)S(=O)(=O)c3ccc(C)cc3)CNC[C@H]2O[Si](C(C)C)(C(C)C)C(C)C)cc1. The molecule has 12 heteroatoms. The Labute approximate surface area is 356 Å². The number of methoxy groups -OCH3 is 1. The van der Waals surface area contributed by atoms with Crippen LogP contribution < -0.4 is 15.0 Å². The molecule has 0 aromatic heterocycles. The number of nitrogens with one attached hydrogen (secondary N) is 1. The summed E-state index contributed by atoms with van der Waals surface area (Å²) in [5.74, 6) is 0.792. The Bertz CT molecular complexity index is 1820. The molecule has 3 aromatic carbocycles. The molecule has 1 N–H and O–H groups in total. The number of rotatable bonds is 22. The van der Waals surface area contributed by atoms with E-state index in [2.05, 4.69) is 82.9 Å². The minimum atomic E-state index is -4.05. The van der Waals surface area contributed by atoms with Gasteiger partial charge < -0.3 is 38.3 Å². The highest BCUT2D eigenvalue weighted by atomic mass is 32.2. The van der Waals surface area contributed by atoms with Crippen LogP contribution in [-0.4, -0.2) is 95.3 Å². The molecule has 1 fully saturated rings. The van der Waals surface area contributed by atoms with Gasteiger partial charge in [0.25, 0.3) is 0 Å². The zero-order valence-corrected chi connectivity index (χ0v) is 39.2.